The van der Waals surface area contributed by atoms with E-state index in [1.165, 1.54) is 6.08 Å². The zero-order chi connectivity index (χ0) is 22.8. The SMILES string of the molecule is CCOc1ccc2ccccc2c1/C=N\NC(=O)CNC(=O)/C=C/c1ccccc1OC. The van der Waals surface area contributed by atoms with Gasteiger partial charge in [0, 0.05) is 17.2 Å². The van der Waals surface area contributed by atoms with Gasteiger partial charge in [-0.25, -0.2) is 5.43 Å². The lowest BCUT2D eigenvalue weighted by Gasteiger charge is -2.10. The Morgan fingerprint density at radius 3 is 2.59 bits per heavy atom. The van der Waals surface area contributed by atoms with Crippen molar-refractivity contribution in [2.45, 2.75) is 6.92 Å². The van der Waals surface area contributed by atoms with E-state index in [4.69, 9.17) is 9.47 Å². The van der Waals surface area contributed by atoms with Crippen LogP contribution in [0.2, 0.25) is 0 Å². The minimum absolute atomic E-state index is 0.208. The molecule has 0 aromatic heterocycles. The summed E-state index contributed by atoms with van der Waals surface area (Å²) in [6.07, 6.45) is 4.52. The van der Waals surface area contributed by atoms with Crippen molar-refractivity contribution < 1.29 is 19.1 Å². The first-order valence-corrected chi connectivity index (χ1v) is 10.2. The number of methoxy groups -OCH3 is 1. The predicted octanol–water partition coefficient (Wildman–Crippen LogP) is 3.53. The first-order valence-electron chi connectivity index (χ1n) is 10.2. The summed E-state index contributed by atoms with van der Waals surface area (Å²) in [7, 11) is 1.56. The molecule has 0 heterocycles. The minimum atomic E-state index is -0.446. The predicted molar refractivity (Wildman–Crippen MR) is 126 cm³/mol. The first kappa shape index (κ1) is 22.6. The van der Waals surface area contributed by atoms with Crippen LogP contribution in [0.25, 0.3) is 16.8 Å². The van der Waals surface area contributed by atoms with Crippen LogP contribution in [-0.4, -0.2) is 38.3 Å². The number of carbonyl (C=O) groups is 2. The van der Waals surface area contributed by atoms with Crippen molar-refractivity contribution in [2.75, 3.05) is 20.3 Å². The Balaban J connectivity index is 1.57. The van der Waals surface area contributed by atoms with E-state index < -0.39 is 11.8 Å². The smallest absolute Gasteiger partial charge is 0.259 e. The Kier molecular flexibility index (Phi) is 7.97. The average molecular weight is 431 g/mol. The normalized spacial score (nSPS) is 11.1. The van der Waals surface area contributed by atoms with Gasteiger partial charge in [-0.2, -0.15) is 5.10 Å². The number of hydrogen-bond donors (Lipinski definition) is 2. The molecule has 0 unspecified atom stereocenters. The molecule has 0 radical (unpaired) electrons. The fourth-order valence-electron chi connectivity index (χ4n) is 3.09. The van der Waals surface area contributed by atoms with Gasteiger partial charge in [0.1, 0.15) is 11.5 Å². The van der Waals surface area contributed by atoms with Gasteiger partial charge >= 0.3 is 0 Å². The quantitative estimate of drug-likeness (QED) is 0.308. The maximum Gasteiger partial charge on any atom is 0.259 e. The van der Waals surface area contributed by atoms with Crippen molar-refractivity contribution in [3.63, 3.8) is 0 Å². The number of hydrogen-bond acceptors (Lipinski definition) is 5. The van der Waals surface area contributed by atoms with E-state index in [1.54, 1.807) is 25.5 Å². The fourth-order valence-corrected chi connectivity index (χ4v) is 3.09. The van der Waals surface area contributed by atoms with Gasteiger partial charge in [-0.1, -0.05) is 48.5 Å². The molecule has 0 fully saturated rings. The Bertz CT molecular complexity index is 1150. The van der Waals surface area contributed by atoms with Crippen molar-refractivity contribution in [1.82, 2.24) is 10.7 Å². The summed E-state index contributed by atoms with van der Waals surface area (Å²) in [5.41, 5.74) is 3.96. The molecule has 2 N–H and O–H groups in total. The van der Waals surface area contributed by atoms with Crippen LogP contribution < -0.4 is 20.2 Å². The van der Waals surface area contributed by atoms with Crippen molar-refractivity contribution in [3.8, 4) is 11.5 Å². The van der Waals surface area contributed by atoms with Gasteiger partial charge in [-0.15, -0.1) is 0 Å². The molecule has 0 aliphatic rings. The minimum Gasteiger partial charge on any atom is -0.496 e. The van der Waals surface area contributed by atoms with E-state index in [2.05, 4.69) is 15.8 Å². The number of fused-ring (bicyclic) bond motifs is 1. The third-order valence-electron chi connectivity index (χ3n) is 4.59. The van der Waals surface area contributed by atoms with Gasteiger partial charge in [0.2, 0.25) is 5.91 Å². The second-order valence-corrected chi connectivity index (χ2v) is 6.72. The average Bonchev–Trinajstić information content (AvgIpc) is 2.82. The zero-order valence-electron chi connectivity index (χ0n) is 18.0. The molecule has 0 aliphatic carbocycles. The standard InChI is InChI=1S/C25H25N3O4/c1-3-32-23-14-12-18-8-4-6-10-20(18)21(23)16-27-28-25(30)17-26-24(29)15-13-19-9-5-7-11-22(19)31-2/h4-16H,3,17H2,1-2H3,(H,26,29)(H,28,30)/b15-13+,27-16-. The largest absolute Gasteiger partial charge is 0.496 e. The van der Waals surface area contributed by atoms with Gasteiger partial charge in [-0.3, -0.25) is 9.59 Å². The lowest BCUT2D eigenvalue weighted by atomic mass is 10.0. The summed E-state index contributed by atoms with van der Waals surface area (Å²) in [6.45, 7) is 2.21. The Morgan fingerprint density at radius 2 is 1.78 bits per heavy atom. The molecule has 0 aliphatic heterocycles. The molecular formula is C25H25N3O4. The number of hydrazone groups is 1. The number of rotatable bonds is 9. The number of amides is 2. The van der Waals surface area contributed by atoms with Crippen LogP contribution in [0.5, 0.6) is 11.5 Å². The molecule has 0 atom stereocenters. The van der Waals surface area contributed by atoms with E-state index in [9.17, 15) is 9.59 Å². The van der Waals surface area contributed by atoms with Crippen LogP contribution in [0.1, 0.15) is 18.1 Å². The molecule has 32 heavy (non-hydrogen) atoms. The molecule has 0 bridgehead atoms. The highest BCUT2D eigenvalue weighted by atomic mass is 16.5. The molecule has 3 aromatic rings. The molecule has 0 saturated heterocycles. The first-order chi connectivity index (χ1) is 15.6. The number of nitrogens with one attached hydrogen (secondary N) is 2. The van der Waals surface area contributed by atoms with E-state index in [0.717, 1.165) is 21.9 Å². The maximum absolute atomic E-state index is 12.1. The molecule has 2 amide bonds. The number of para-hydroxylation sites is 1. The van der Waals surface area contributed by atoms with Gasteiger partial charge in [0.25, 0.3) is 5.91 Å². The maximum atomic E-state index is 12.1. The second-order valence-electron chi connectivity index (χ2n) is 6.72. The van der Waals surface area contributed by atoms with E-state index in [1.807, 2.05) is 61.5 Å². The van der Waals surface area contributed by atoms with E-state index in [-0.39, 0.29) is 6.54 Å². The molecule has 0 saturated carbocycles. The van der Waals surface area contributed by atoms with E-state index in [0.29, 0.717) is 18.1 Å². The lowest BCUT2D eigenvalue weighted by molar-refractivity contribution is -0.123. The fraction of sp³-hybridized carbons (Fsp3) is 0.160. The van der Waals surface area contributed by atoms with Crippen LogP contribution in [0, 0.1) is 0 Å². The van der Waals surface area contributed by atoms with Gasteiger partial charge in [0.05, 0.1) is 26.5 Å². The lowest BCUT2D eigenvalue weighted by Crippen LogP contribution is -2.34. The van der Waals surface area contributed by atoms with Crippen molar-refractivity contribution in [1.29, 1.82) is 0 Å². The van der Waals surface area contributed by atoms with E-state index >= 15 is 0 Å². The summed E-state index contributed by atoms with van der Waals surface area (Å²) in [5, 5.41) is 8.57. The monoisotopic (exact) mass is 431 g/mol. The number of carbonyl (C=O) groups excluding carboxylic acids is 2. The molecule has 164 valence electrons. The molecule has 0 spiro atoms. The van der Waals surface area contributed by atoms with Crippen molar-refractivity contribution in [3.05, 3.63) is 77.9 Å². The molecule has 3 rings (SSSR count). The van der Waals surface area contributed by atoms with Crippen LogP contribution in [0.15, 0.2) is 71.8 Å². The summed E-state index contributed by atoms with van der Waals surface area (Å²) in [4.78, 5) is 24.1. The zero-order valence-corrected chi connectivity index (χ0v) is 18.0. The molecule has 7 heteroatoms. The third kappa shape index (κ3) is 5.95. The number of benzene rings is 3. The van der Waals surface area contributed by atoms with Gasteiger partial charge < -0.3 is 14.8 Å². The second kappa shape index (κ2) is 11.3. The Morgan fingerprint density at radius 1 is 1.00 bits per heavy atom. The van der Waals surface area contributed by atoms with Crippen LogP contribution in [0.3, 0.4) is 0 Å². The summed E-state index contributed by atoms with van der Waals surface area (Å²) in [6, 6.07) is 19.0. The van der Waals surface area contributed by atoms with Crippen LogP contribution in [0.4, 0.5) is 0 Å². The Hall–Kier alpha value is -4.13. The number of nitrogens with zero attached hydrogens (tertiary/aromatic N) is 1. The summed E-state index contributed by atoms with van der Waals surface area (Å²) >= 11 is 0. The highest BCUT2D eigenvalue weighted by Gasteiger charge is 2.07. The highest BCUT2D eigenvalue weighted by molar-refractivity contribution is 6.02. The van der Waals surface area contributed by atoms with Gasteiger partial charge in [0.15, 0.2) is 0 Å². The van der Waals surface area contributed by atoms with Crippen molar-refractivity contribution >= 4 is 34.9 Å². The highest BCUT2D eigenvalue weighted by Crippen LogP contribution is 2.26. The number of ether oxygens (including phenoxy) is 2. The Labute approximate surface area is 186 Å². The summed E-state index contributed by atoms with van der Waals surface area (Å²) < 4.78 is 10.9. The van der Waals surface area contributed by atoms with Crippen LogP contribution in [-0.2, 0) is 9.59 Å². The molecule has 3 aromatic carbocycles. The topological polar surface area (TPSA) is 89.0 Å². The van der Waals surface area contributed by atoms with Crippen LogP contribution >= 0.6 is 0 Å². The third-order valence-corrected chi connectivity index (χ3v) is 4.59. The molecular weight excluding hydrogens is 406 g/mol. The summed E-state index contributed by atoms with van der Waals surface area (Å²) in [5.74, 6) is 0.490. The van der Waals surface area contributed by atoms with Crippen molar-refractivity contribution in [2.24, 2.45) is 5.10 Å². The van der Waals surface area contributed by atoms with Gasteiger partial charge in [-0.05, 0) is 35.9 Å². The molecule has 7 nitrogen and oxygen atoms in total.